The monoisotopic (exact) mass is 228 g/mol. The highest BCUT2D eigenvalue weighted by Crippen LogP contribution is 2.20. The van der Waals surface area contributed by atoms with Crippen molar-refractivity contribution in [1.82, 2.24) is 10.2 Å². The number of methoxy groups -OCH3 is 1. The topological polar surface area (TPSA) is 44.7 Å². The summed E-state index contributed by atoms with van der Waals surface area (Å²) in [4.78, 5) is 2.44. The molecule has 0 radical (unpaired) electrons. The largest absolute Gasteiger partial charge is 0.395 e. The van der Waals surface area contributed by atoms with Crippen molar-refractivity contribution in [3.63, 3.8) is 0 Å². The first-order valence-electron chi connectivity index (χ1n) is 6.44. The van der Waals surface area contributed by atoms with E-state index in [1.54, 1.807) is 7.11 Å². The van der Waals surface area contributed by atoms with E-state index in [1.165, 1.54) is 12.8 Å². The molecule has 1 heterocycles. The number of likely N-dealkylation sites (tertiary alicyclic amines) is 1. The molecule has 1 aliphatic heterocycles. The molecule has 2 fully saturated rings. The minimum Gasteiger partial charge on any atom is -0.395 e. The Hall–Kier alpha value is -0.160. The molecule has 16 heavy (non-hydrogen) atoms. The Morgan fingerprint density at radius 2 is 2.00 bits per heavy atom. The third-order valence-corrected chi connectivity index (χ3v) is 3.62. The Morgan fingerprint density at radius 1 is 1.31 bits per heavy atom. The van der Waals surface area contributed by atoms with E-state index in [2.05, 4.69) is 10.2 Å². The number of hydrogen-bond donors (Lipinski definition) is 2. The Morgan fingerprint density at radius 3 is 2.50 bits per heavy atom. The van der Waals surface area contributed by atoms with Crippen LogP contribution >= 0.6 is 0 Å². The molecule has 0 spiro atoms. The lowest BCUT2D eigenvalue weighted by Crippen LogP contribution is -2.47. The van der Waals surface area contributed by atoms with Gasteiger partial charge in [-0.2, -0.15) is 0 Å². The minimum atomic E-state index is 0.251. The van der Waals surface area contributed by atoms with E-state index in [4.69, 9.17) is 4.74 Å². The Bertz CT molecular complexity index is 201. The van der Waals surface area contributed by atoms with Gasteiger partial charge >= 0.3 is 0 Å². The third kappa shape index (κ3) is 3.70. The molecule has 0 aromatic rings. The second-order valence-corrected chi connectivity index (χ2v) is 5.06. The first-order chi connectivity index (χ1) is 7.81. The number of nitrogens with zero attached hydrogens (tertiary/aromatic N) is 1. The smallest absolute Gasteiger partial charge is 0.0597 e. The first kappa shape index (κ1) is 12.3. The number of nitrogens with one attached hydrogen (secondary N) is 1. The average Bonchev–Trinajstić information content (AvgIpc) is 3.13. The molecule has 1 unspecified atom stereocenters. The quantitative estimate of drug-likeness (QED) is 0.682. The fraction of sp³-hybridized carbons (Fsp3) is 1.00. The molecule has 4 heteroatoms. The van der Waals surface area contributed by atoms with E-state index < -0.39 is 0 Å². The van der Waals surface area contributed by atoms with Crippen molar-refractivity contribution in [3.05, 3.63) is 0 Å². The molecule has 0 aromatic heterocycles. The van der Waals surface area contributed by atoms with Gasteiger partial charge in [0.05, 0.1) is 12.7 Å². The molecule has 1 saturated carbocycles. The van der Waals surface area contributed by atoms with Crippen molar-refractivity contribution >= 4 is 0 Å². The highest BCUT2D eigenvalue weighted by Gasteiger charge is 2.26. The lowest BCUT2D eigenvalue weighted by molar-refractivity contribution is 0.0359. The summed E-state index contributed by atoms with van der Waals surface area (Å²) in [6, 6.07) is 0.931. The lowest BCUT2D eigenvalue weighted by atomic mass is 10.1. The summed E-state index contributed by atoms with van der Waals surface area (Å²) in [7, 11) is 1.80. The maximum absolute atomic E-state index is 9.32. The van der Waals surface area contributed by atoms with Crippen LogP contribution in [0.25, 0.3) is 0 Å². The van der Waals surface area contributed by atoms with Crippen LogP contribution in [0.3, 0.4) is 0 Å². The second kappa shape index (κ2) is 5.96. The molecule has 94 valence electrons. The fourth-order valence-electron chi connectivity index (χ4n) is 2.39. The van der Waals surface area contributed by atoms with Gasteiger partial charge in [0.1, 0.15) is 0 Å². The molecule has 4 nitrogen and oxygen atoms in total. The zero-order valence-corrected chi connectivity index (χ0v) is 10.2. The van der Waals surface area contributed by atoms with Crippen LogP contribution in [-0.2, 0) is 4.74 Å². The highest BCUT2D eigenvalue weighted by atomic mass is 16.5. The van der Waals surface area contributed by atoms with Gasteiger partial charge < -0.3 is 20.1 Å². The number of piperidine rings is 1. The van der Waals surface area contributed by atoms with Crippen LogP contribution in [0.15, 0.2) is 0 Å². The molecular weight excluding hydrogens is 204 g/mol. The van der Waals surface area contributed by atoms with Crippen LogP contribution in [0.4, 0.5) is 0 Å². The standard InChI is InChI=1S/C12H24N2O2/c1-16-12-4-6-14(7-5-12)8-11(9-15)13-10-2-3-10/h10-13,15H,2-9H2,1H3. The van der Waals surface area contributed by atoms with Crippen LogP contribution in [0.1, 0.15) is 25.7 Å². The van der Waals surface area contributed by atoms with Crippen LogP contribution < -0.4 is 5.32 Å². The summed E-state index contributed by atoms with van der Waals surface area (Å²) in [5, 5.41) is 12.8. The molecule has 2 aliphatic rings. The normalized spacial score (nSPS) is 25.9. The van der Waals surface area contributed by atoms with Crippen LogP contribution in [0.2, 0.25) is 0 Å². The van der Waals surface area contributed by atoms with E-state index in [0.29, 0.717) is 12.1 Å². The molecule has 1 aliphatic carbocycles. The number of hydrogen-bond acceptors (Lipinski definition) is 4. The molecule has 1 saturated heterocycles. The van der Waals surface area contributed by atoms with Crippen LogP contribution in [0, 0.1) is 0 Å². The van der Waals surface area contributed by atoms with Gasteiger partial charge in [-0.25, -0.2) is 0 Å². The van der Waals surface area contributed by atoms with Gasteiger partial charge in [0.15, 0.2) is 0 Å². The zero-order chi connectivity index (χ0) is 11.4. The fourth-order valence-corrected chi connectivity index (χ4v) is 2.39. The van der Waals surface area contributed by atoms with Gasteiger partial charge in [0, 0.05) is 38.8 Å². The van der Waals surface area contributed by atoms with Crippen molar-refractivity contribution in [2.24, 2.45) is 0 Å². The molecule has 2 N–H and O–H groups in total. The Kier molecular flexibility index (Phi) is 4.58. The summed E-state index contributed by atoms with van der Waals surface area (Å²) < 4.78 is 5.35. The molecule has 2 rings (SSSR count). The maximum Gasteiger partial charge on any atom is 0.0597 e. The van der Waals surface area contributed by atoms with E-state index >= 15 is 0 Å². The number of ether oxygens (including phenoxy) is 1. The number of rotatable bonds is 6. The first-order valence-corrected chi connectivity index (χ1v) is 6.44. The SMILES string of the molecule is COC1CCN(CC(CO)NC2CC2)CC1. The van der Waals surface area contributed by atoms with Crippen molar-refractivity contribution in [2.75, 3.05) is 33.4 Å². The van der Waals surface area contributed by atoms with Crippen molar-refractivity contribution in [2.45, 2.75) is 43.9 Å². The average molecular weight is 228 g/mol. The minimum absolute atomic E-state index is 0.251. The van der Waals surface area contributed by atoms with Gasteiger partial charge in [0.25, 0.3) is 0 Å². The summed E-state index contributed by atoms with van der Waals surface area (Å²) in [6.45, 7) is 3.42. The van der Waals surface area contributed by atoms with Gasteiger partial charge in [-0.3, -0.25) is 0 Å². The van der Waals surface area contributed by atoms with Crippen LogP contribution in [0.5, 0.6) is 0 Å². The second-order valence-electron chi connectivity index (χ2n) is 5.06. The maximum atomic E-state index is 9.32. The van der Waals surface area contributed by atoms with Crippen molar-refractivity contribution in [1.29, 1.82) is 0 Å². The van der Waals surface area contributed by atoms with Gasteiger partial charge in [-0.1, -0.05) is 0 Å². The van der Waals surface area contributed by atoms with Crippen molar-refractivity contribution in [3.8, 4) is 0 Å². The van der Waals surface area contributed by atoms with Crippen molar-refractivity contribution < 1.29 is 9.84 Å². The number of aliphatic hydroxyl groups excluding tert-OH is 1. The predicted octanol–water partition coefficient (Wildman–Crippen LogP) is 0.210. The summed E-state index contributed by atoms with van der Waals surface area (Å²) in [5.74, 6) is 0. The summed E-state index contributed by atoms with van der Waals surface area (Å²) in [5.41, 5.74) is 0. The summed E-state index contributed by atoms with van der Waals surface area (Å²) >= 11 is 0. The molecule has 0 amide bonds. The van der Waals surface area contributed by atoms with Crippen LogP contribution in [-0.4, -0.2) is 61.5 Å². The lowest BCUT2D eigenvalue weighted by Gasteiger charge is -2.33. The summed E-state index contributed by atoms with van der Waals surface area (Å²) in [6.07, 6.45) is 5.25. The molecule has 0 aromatic carbocycles. The Balaban J connectivity index is 1.67. The van der Waals surface area contributed by atoms with E-state index in [0.717, 1.165) is 32.5 Å². The predicted molar refractivity (Wildman–Crippen MR) is 63.5 cm³/mol. The van der Waals surface area contributed by atoms with E-state index in [1.807, 2.05) is 0 Å². The molecule has 0 bridgehead atoms. The molecule has 1 atom stereocenters. The van der Waals surface area contributed by atoms with E-state index in [9.17, 15) is 5.11 Å². The van der Waals surface area contributed by atoms with Gasteiger partial charge in [0.2, 0.25) is 0 Å². The Labute approximate surface area is 98.0 Å². The molecular formula is C12H24N2O2. The van der Waals surface area contributed by atoms with E-state index in [-0.39, 0.29) is 12.6 Å². The van der Waals surface area contributed by atoms with Gasteiger partial charge in [-0.15, -0.1) is 0 Å². The zero-order valence-electron chi connectivity index (χ0n) is 10.2. The van der Waals surface area contributed by atoms with Gasteiger partial charge in [-0.05, 0) is 25.7 Å². The highest BCUT2D eigenvalue weighted by molar-refractivity contribution is 4.86. The third-order valence-electron chi connectivity index (χ3n) is 3.62. The number of aliphatic hydroxyl groups is 1.